The summed E-state index contributed by atoms with van der Waals surface area (Å²) in [6.07, 6.45) is 3.94. The number of rotatable bonds is 3. The lowest BCUT2D eigenvalue weighted by atomic mass is 9.99. The third kappa shape index (κ3) is 3.65. The van der Waals surface area contributed by atoms with Crippen molar-refractivity contribution in [3.05, 3.63) is 5.82 Å². The Balaban J connectivity index is 1.54. The highest BCUT2D eigenvalue weighted by molar-refractivity contribution is 5.83. The van der Waals surface area contributed by atoms with E-state index in [-0.39, 0.29) is 24.0 Å². The van der Waals surface area contributed by atoms with Gasteiger partial charge in [0, 0.05) is 25.7 Å². The Kier molecular flexibility index (Phi) is 5.27. The van der Waals surface area contributed by atoms with E-state index in [0.29, 0.717) is 25.5 Å². The number of hydrogen-bond donors (Lipinski definition) is 1. The molecule has 132 valence electrons. The van der Waals surface area contributed by atoms with Gasteiger partial charge in [-0.3, -0.25) is 4.79 Å². The summed E-state index contributed by atoms with van der Waals surface area (Å²) in [6.45, 7) is 4.15. The van der Waals surface area contributed by atoms with E-state index in [1.54, 1.807) is 16.5 Å². The van der Waals surface area contributed by atoms with Crippen molar-refractivity contribution in [3.63, 3.8) is 0 Å². The van der Waals surface area contributed by atoms with Gasteiger partial charge in [-0.15, -0.1) is 5.10 Å². The first-order chi connectivity index (χ1) is 11.7. The van der Waals surface area contributed by atoms with Crippen LogP contribution in [-0.2, 0) is 16.1 Å². The molecule has 2 amide bonds. The molecule has 2 aliphatic rings. The van der Waals surface area contributed by atoms with Crippen molar-refractivity contribution in [1.29, 1.82) is 0 Å². The fourth-order valence-corrected chi connectivity index (χ4v) is 3.33. The topological polar surface area (TPSA) is 102 Å². The molecule has 0 aliphatic carbocycles. The van der Waals surface area contributed by atoms with Gasteiger partial charge in [-0.25, -0.2) is 9.48 Å². The van der Waals surface area contributed by atoms with Crippen LogP contribution in [0.15, 0.2) is 0 Å². The zero-order valence-electron chi connectivity index (χ0n) is 14.0. The van der Waals surface area contributed by atoms with Crippen molar-refractivity contribution in [1.82, 2.24) is 30.4 Å². The first-order valence-electron chi connectivity index (χ1n) is 8.67. The molecule has 2 aliphatic heterocycles. The van der Waals surface area contributed by atoms with E-state index in [9.17, 15) is 9.59 Å². The third-order valence-corrected chi connectivity index (χ3v) is 4.67. The van der Waals surface area contributed by atoms with Crippen LogP contribution in [0.25, 0.3) is 0 Å². The number of aromatic nitrogens is 4. The molecule has 0 radical (unpaired) electrons. The lowest BCUT2D eigenvalue weighted by Gasteiger charge is -2.32. The number of amides is 2. The quantitative estimate of drug-likeness (QED) is 0.871. The monoisotopic (exact) mass is 336 g/mol. The van der Waals surface area contributed by atoms with Gasteiger partial charge >= 0.3 is 6.09 Å². The molecular formula is C15H24N6O3. The van der Waals surface area contributed by atoms with Crippen LogP contribution in [0.5, 0.6) is 0 Å². The Morgan fingerprint density at radius 2 is 2.00 bits per heavy atom. The lowest BCUT2D eigenvalue weighted by molar-refractivity contribution is -0.123. The molecule has 1 N–H and O–H groups in total. The predicted octanol–water partition coefficient (Wildman–Crippen LogP) is 0.678. The second kappa shape index (κ2) is 7.59. The van der Waals surface area contributed by atoms with Crippen molar-refractivity contribution in [3.8, 4) is 0 Å². The predicted molar refractivity (Wildman–Crippen MR) is 84.2 cm³/mol. The molecule has 0 aromatic carbocycles. The number of carbonyl (C=O) groups is 2. The van der Waals surface area contributed by atoms with Crippen molar-refractivity contribution in [2.45, 2.75) is 57.5 Å². The van der Waals surface area contributed by atoms with Gasteiger partial charge in [0.2, 0.25) is 5.91 Å². The average Bonchev–Trinajstić information content (AvgIpc) is 2.95. The minimum Gasteiger partial charge on any atom is -0.450 e. The third-order valence-electron chi connectivity index (χ3n) is 4.67. The molecular weight excluding hydrogens is 312 g/mol. The maximum absolute atomic E-state index is 12.7. The fourth-order valence-electron chi connectivity index (χ4n) is 3.33. The van der Waals surface area contributed by atoms with Crippen LogP contribution in [0.2, 0.25) is 0 Å². The SMILES string of the molecule is CCOC(=O)N1CCC(NC(=O)[C@H]2CCCCn3nnnc32)CC1. The van der Waals surface area contributed by atoms with Gasteiger partial charge in [0.25, 0.3) is 0 Å². The zero-order chi connectivity index (χ0) is 16.9. The second-order valence-corrected chi connectivity index (χ2v) is 6.28. The molecule has 1 aromatic rings. The van der Waals surface area contributed by atoms with Crippen LogP contribution >= 0.6 is 0 Å². The molecule has 3 heterocycles. The molecule has 24 heavy (non-hydrogen) atoms. The summed E-state index contributed by atoms with van der Waals surface area (Å²) >= 11 is 0. The number of fused-ring (bicyclic) bond motifs is 1. The minimum absolute atomic E-state index is 0.0115. The highest BCUT2D eigenvalue weighted by Crippen LogP contribution is 2.24. The molecule has 0 unspecified atom stereocenters. The van der Waals surface area contributed by atoms with E-state index in [1.807, 2.05) is 0 Å². The summed E-state index contributed by atoms with van der Waals surface area (Å²) in [5.41, 5.74) is 0. The molecule has 1 atom stereocenters. The number of likely N-dealkylation sites (tertiary alicyclic amines) is 1. The molecule has 1 aromatic heterocycles. The van der Waals surface area contributed by atoms with Crippen LogP contribution in [0, 0.1) is 0 Å². The van der Waals surface area contributed by atoms with E-state index in [4.69, 9.17) is 4.74 Å². The van der Waals surface area contributed by atoms with Crippen LogP contribution < -0.4 is 5.32 Å². The highest BCUT2D eigenvalue weighted by Gasteiger charge is 2.31. The molecule has 0 saturated carbocycles. The number of hydrogen-bond acceptors (Lipinski definition) is 6. The number of tetrazole rings is 1. The number of carbonyl (C=O) groups excluding carboxylic acids is 2. The molecule has 1 fully saturated rings. The first-order valence-corrected chi connectivity index (χ1v) is 8.67. The number of piperidine rings is 1. The second-order valence-electron chi connectivity index (χ2n) is 6.28. The Bertz CT molecular complexity index is 582. The van der Waals surface area contributed by atoms with Crippen molar-refractivity contribution in [2.24, 2.45) is 0 Å². The number of ether oxygens (including phenoxy) is 1. The van der Waals surface area contributed by atoms with Crippen molar-refractivity contribution in [2.75, 3.05) is 19.7 Å². The van der Waals surface area contributed by atoms with Gasteiger partial charge in [0.15, 0.2) is 5.82 Å². The van der Waals surface area contributed by atoms with Gasteiger partial charge in [-0.2, -0.15) is 0 Å². The fraction of sp³-hybridized carbons (Fsp3) is 0.800. The maximum atomic E-state index is 12.7. The standard InChI is InChI=1S/C15H24N6O3/c1-2-24-15(23)20-9-6-11(7-10-20)16-14(22)12-5-3-4-8-21-13(12)17-18-19-21/h11-12H,2-10H2,1H3,(H,16,22)/t12-/m0/s1. The number of aryl methyl sites for hydroxylation is 1. The normalized spacial score (nSPS) is 21.7. The average molecular weight is 336 g/mol. The van der Waals surface area contributed by atoms with Gasteiger partial charge in [-0.1, -0.05) is 6.42 Å². The van der Waals surface area contributed by atoms with Crippen molar-refractivity contribution >= 4 is 12.0 Å². The summed E-state index contributed by atoms with van der Waals surface area (Å²) in [4.78, 5) is 26.1. The first kappa shape index (κ1) is 16.7. The molecule has 0 bridgehead atoms. The maximum Gasteiger partial charge on any atom is 0.409 e. The van der Waals surface area contributed by atoms with E-state index < -0.39 is 0 Å². The van der Waals surface area contributed by atoms with Crippen molar-refractivity contribution < 1.29 is 14.3 Å². The van der Waals surface area contributed by atoms with Gasteiger partial charge in [-0.05, 0) is 43.0 Å². The van der Waals surface area contributed by atoms with Gasteiger partial charge < -0.3 is 15.0 Å². The number of nitrogens with one attached hydrogen (secondary N) is 1. The van der Waals surface area contributed by atoms with Crippen LogP contribution in [0.4, 0.5) is 4.79 Å². The molecule has 9 heteroatoms. The highest BCUT2D eigenvalue weighted by atomic mass is 16.6. The molecule has 0 spiro atoms. The van der Waals surface area contributed by atoms with Crippen LogP contribution in [0.3, 0.4) is 0 Å². The number of nitrogens with zero attached hydrogens (tertiary/aromatic N) is 5. The molecule has 3 rings (SSSR count). The minimum atomic E-state index is -0.286. The Labute approximate surface area is 140 Å². The summed E-state index contributed by atoms with van der Waals surface area (Å²) in [7, 11) is 0. The van der Waals surface area contributed by atoms with Crippen LogP contribution in [-0.4, -0.2) is 62.8 Å². The van der Waals surface area contributed by atoms with E-state index >= 15 is 0 Å². The summed E-state index contributed by atoms with van der Waals surface area (Å²) in [6, 6.07) is 0.0794. The summed E-state index contributed by atoms with van der Waals surface area (Å²) in [5, 5.41) is 14.8. The summed E-state index contributed by atoms with van der Waals surface area (Å²) < 4.78 is 6.75. The summed E-state index contributed by atoms with van der Waals surface area (Å²) in [5.74, 6) is 0.363. The smallest absolute Gasteiger partial charge is 0.409 e. The van der Waals surface area contributed by atoms with E-state index in [2.05, 4.69) is 20.8 Å². The molecule has 9 nitrogen and oxygen atoms in total. The van der Waals surface area contributed by atoms with Gasteiger partial charge in [0.05, 0.1) is 12.5 Å². The Hall–Kier alpha value is -2.19. The zero-order valence-corrected chi connectivity index (χ0v) is 14.0. The molecule has 1 saturated heterocycles. The lowest BCUT2D eigenvalue weighted by Crippen LogP contribution is -2.47. The Morgan fingerprint density at radius 3 is 2.75 bits per heavy atom. The largest absolute Gasteiger partial charge is 0.450 e. The van der Waals surface area contributed by atoms with Crippen LogP contribution in [0.1, 0.15) is 50.8 Å². The van der Waals surface area contributed by atoms with E-state index in [1.165, 1.54) is 0 Å². The van der Waals surface area contributed by atoms with Gasteiger partial charge in [0.1, 0.15) is 0 Å². The Morgan fingerprint density at radius 1 is 1.21 bits per heavy atom. The van der Waals surface area contributed by atoms with E-state index in [0.717, 1.165) is 38.6 Å².